The summed E-state index contributed by atoms with van der Waals surface area (Å²) in [7, 11) is 0. The molecule has 6 heteroatoms. The van der Waals surface area contributed by atoms with Gasteiger partial charge in [0.05, 0.1) is 5.56 Å². The van der Waals surface area contributed by atoms with E-state index in [0.29, 0.717) is 16.0 Å². The Balaban J connectivity index is 2.04. The number of anilines is 1. The van der Waals surface area contributed by atoms with E-state index < -0.39 is 5.82 Å². The highest BCUT2D eigenvalue weighted by atomic mass is 79.9. The number of nitrogens with two attached hydrogens (primary N) is 1. The van der Waals surface area contributed by atoms with Gasteiger partial charge in [-0.3, -0.25) is 0 Å². The van der Waals surface area contributed by atoms with E-state index >= 15 is 0 Å². The van der Waals surface area contributed by atoms with Crippen LogP contribution in [0.25, 0.3) is 22.8 Å². The molecule has 0 aliphatic carbocycles. The van der Waals surface area contributed by atoms with Crippen LogP contribution in [-0.2, 0) is 0 Å². The summed E-state index contributed by atoms with van der Waals surface area (Å²) < 4.78 is 19.5. The smallest absolute Gasteiger partial charge is 0.262 e. The van der Waals surface area contributed by atoms with Gasteiger partial charge in [0.1, 0.15) is 5.82 Å². The zero-order chi connectivity index (χ0) is 14.1. The summed E-state index contributed by atoms with van der Waals surface area (Å²) in [5.41, 5.74) is 7.27. The second-order valence-electron chi connectivity index (χ2n) is 4.14. The summed E-state index contributed by atoms with van der Waals surface area (Å²) >= 11 is 3.27. The first-order chi connectivity index (χ1) is 9.65. The summed E-state index contributed by atoms with van der Waals surface area (Å²) in [5, 5.41) is 3.86. The van der Waals surface area contributed by atoms with Gasteiger partial charge in [-0.05, 0) is 52.3 Å². The highest BCUT2D eigenvalue weighted by Crippen LogP contribution is 2.31. The second kappa shape index (κ2) is 5.05. The maximum Gasteiger partial charge on any atom is 0.262 e. The molecule has 3 rings (SSSR count). The van der Waals surface area contributed by atoms with E-state index in [1.165, 1.54) is 6.07 Å². The van der Waals surface area contributed by atoms with Gasteiger partial charge in [0.2, 0.25) is 5.82 Å². The van der Waals surface area contributed by atoms with Crippen LogP contribution in [0.1, 0.15) is 0 Å². The Morgan fingerprint density at radius 3 is 2.55 bits per heavy atom. The highest BCUT2D eigenvalue weighted by Gasteiger charge is 2.17. The molecule has 0 fully saturated rings. The SMILES string of the molecule is Nc1ccc(-c2noc(-c3c(F)cccc3Br)n2)cc1. The average Bonchev–Trinajstić information content (AvgIpc) is 2.89. The lowest BCUT2D eigenvalue weighted by molar-refractivity contribution is 0.429. The monoisotopic (exact) mass is 333 g/mol. The number of nitrogen functional groups attached to an aromatic ring is 1. The molecular formula is C14H9BrFN3O. The van der Waals surface area contributed by atoms with Crippen LogP contribution >= 0.6 is 15.9 Å². The lowest BCUT2D eigenvalue weighted by Crippen LogP contribution is -1.87. The minimum absolute atomic E-state index is 0.127. The Morgan fingerprint density at radius 1 is 1.10 bits per heavy atom. The van der Waals surface area contributed by atoms with Crippen LogP contribution in [0.2, 0.25) is 0 Å². The standard InChI is InChI=1S/C14H9BrFN3O/c15-10-2-1-3-11(16)12(10)14-18-13(19-20-14)8-4-6-9(17)7-5-8/h1-7H,17H2. The van der Waals surface area contributed by atoms with Crippen molar-refractivity contribution in [2.45, 2.75) is 0 Å². The third-order valence-corrected chi connectivity index (χ3v) is 3.43. The summed E-state index contributed by atoms with van der Waals surface area (Å²) in [6, 6.07) is 11.7. The van der Waals surface area contributed by atoms with Crippen molar-refractivity contribution in [3.05, 3.63) is 52.8 Å². The van der Waals surface area contributed by atoms with Gasteiger partial charge in [0.25, 0.3) is 5.89 Å². The predicted molar refractivity (Wildman–Crippen MR) is 77.2 cm³/mol. The first-order valence-corrected chi connectivity index (χ1v) is 6.58. The molecule has 2 N–H and O–H groups in total. The first-order valence-electron chi connectivity index (χ1n) is 5.79. The Hall–Kier alpha value is -2.21. The number of benzene rings is 2. The second-order valence-corrected chi connectivity index (χ2v) is 5.00. The van der Waals surface area contributed by atoms with Gasteiger partial charge in [-0.2, -0.15) is 4.98 Å². The number of rotatable bonds is 2. The van der Waals surface area contributed by atoms with Crippen LogP contribution in [0.15, 0.2) is 51.5 Å². The number of hydrogen-bond acceptors (Lipinski definition) is 4. The Labute approximate surface area is 122 Å². The minimum Gasteiger partial charge on any atom is -0.399 e. The molecule has 0 radical (unpaired) electrons. The molecule has 0 amide bonds. The molecule has 20 heavy (non-hydrogen) atoms. The third-order valence-electron chi connectivity index (χ3n) is 2.77. The fourth-order valence-electron chi connectivity index (χ4n) is 1.78. The van der Waals surface area contributed by atoms with Gasteiger partial charge in [0, 0.05) is 15.7 Å². The van der Waals surface area contributed by atoms with Crippen LogP contribution in [-0.4, -0.2) is 10.1 Å². The fourth-order valence-corrected chi connectivity index (χ4v) is 2.29. The number of halogens is 2. The van der Waals surface area contributed by atoms with Crippen LogP contribution in [0.4, 0.5) is 10.1 Å². The van der Waals surface area contributed by atoms with E-state index in [1.54, 1.807) is 36.4 Å². The molecule has 0 saturated heterocycles. The maximum atomic E-state index is 13.8. The van der Waals surface area contributed by atoms with Crippen molar-refractivity contribution >= 4 is 21.6 Å². The van der Waals surface area contributed by atoms with Gasteiger partial charge >= 0.3 is 0 Å². The Morgan fingerprint density at radius 2 is 1.85 bits per heavy atom. The van der Waals surface area contributed by atoms with E-state index in [9.17, 15) is 4.39 Å². The van der Waals surface area contributed by atoms with Gasteiger partial charge in [-0.15, -0.1) is 0 Å². The van der Waals surface area contributed by atoms with Crippen molar-refractivity contribution < 1.29 is 8.91 Å². The molecule has 0 aliphatic heterocycles. The summed E-state index contributed by atoms with van der Waals surface area (Å²) in [6.45, 7) is 0. The summed E-state index contributed by atoms with van der Waals surface area (Å²) in [6.07, 6.45) is 0. The van der Waals surface area contributed by atoms with Crippen LogP contribution in [0.3, 0.4) is 0 Å². The van der Waals surface area contributed by atoms with Gasteiger partial charge < -0.3 is 10.3 Å². The predicted octanol–water partition coefficient (Wildman–Crippen LogP) is 3.89. The minimum atomic E-state index is -0.424. The van der Waals surface area contributed by atoms with Crippen LogP contribution in [0, 0.1) is 5.82 Å². The normalized spacial score (nSPS) is 10.7. The zero-order valence-corrected chi connectivity index (χ0v) is 11.8. The lowest BCUT2D eigenvalue weighted by atomic mass is 10.2. The Bertz CT molecular complexity index is 735. The van der Waals surface area contributed by atoms with E-state index in [-0.39, 0.29) is 11.5 Å². The zero-order valence-electron chi connectivity index (χ0n) is 10.2. The third kappa shape index (κ3) is 2.30. The largest absolute Gasteiger partial charge is 0.399 e. The molecule has 1 heterocycles. The number of nitrogens with zero attached hydrogens (tertiary/aromatic N) is 2. The number of aromatic nitrogens is 2. The van der Waals surface area contributed by atoms with E-state index in [2.05, 4.69) is 26.1 Å². The van der Waals surface area contributed by atoms with Crippen molar-refractivity contribution in [1.29, 1.82) is 0 Å². The molecule has 0 aliphatic rings. The van der Waals surface area contributed by atoms with Crippen molar-refractivity contribution in [2.24, 2.45) is 0 Å². The van der Waals surface area contributed by atoms with Crippen molar-refractivity contribution in [3.63, 3.8) is 0 Å². The van der Waals surface area contributed by atoms with E-state index in [0.717, 1.165) is 5.56 Å². The summed E-state index contributed by atoms with van der Waals surface area (Å²) in [5.74, 6) is 0.0869. The molecular weight excluding hydrogens is 325 g/mol. The number of hydrogen-bond donors (Lipinski definition) is 1. The molecule has 2 aromatic carbocycles. The topological polar surface area (TPSA) is 64.9 Å². The Kier molecular flexibility index (Phi) is 3.23. The highest BCUT2D eigenvalue weighted by molar-refractivity contribution is 9.10. The lowest BCUT2D eigenvalue weighted by Gasteiger charge is -1.99. The molecule has 0 atom stereocenters. The van der Waals surface area contributed by atoms with Crippen LogP contribution < -0.4 is 5.73 Å². The molecule has 0 spiro atoms. The maximum absolute atomic E-state index is 13.8. The van der Waals surface area contributed by atoms with Crippen molar-refractivity contribution in [2.75, 3.05) is 5.73 Å². The molecule has 0 saturated carbocycles. The van der Waals surface area contributed by atoms with Crippen molar-refractivity contribution in [3.8, 4) is 22.8 Å². The van der Waals surface area contributed by atoms with Gasteiger partial charge in [0.15, 0.2) is 0 Å². The fraction of sp³-hybridized carbons (Fsp3) is 0. The van der Waals surface area contributed by atoms with E-state index in [1.807, 2.05) is 0 Å². The van der Waals surface area contributed by atoms with E-state index in [4.69, 9.17) is 10.3 Å². The molecule has 3 aromatic rings. The van der Waals surface area contributed by atoms with Gasteiger partial charge in [-0.25, -0.2) is 4.39 Å². The average molecular weight is 334 g/mol. The first kappa shape index (κ1) is 12.8. The van der Waals surface area contributed by atoms with Crippen molar-refractivity contribution in [1.82, 2.24) is 10.1 Å². The van der Waals surface area contributed by atoms with Crippen LogP contribution in [0.5, 0.6) is 0 Å². The quantitative estimate of drug-likeness (QED) is 0.722. The molecule has 100 valence electrons. The molecule has 0 unspecified atom stereocenters. The molecule has 1 aromatic heterocycles. The summed E-state index contributed by atoms with van der Waals surface area (Å²) in [4.78, 5) is 4.21. The molecule has 4 nitrogen and oxygen atoms in total. The van der Waals surface area contributed by atoms with Gasteiger partial charge in [-0.1, -0.05) is 11.2 Å². The molecule has 0 bridgehead atoms.